The Hall–Kier alpha value is -2.49. The van der Waals surface area contributed by atoms with Crippen molar-refractivity contribution in [2.45, 2.75) is 31.4 Å². The van der Waals surface area contributed by atoms with E-state index in [1.807, 2.05) is 6.92 Å². The minimum atomic E-state index is -3.81. The Balaban J connectivity index is 1.57. The van der Waals surface area contributed by atoms with E-state index in [0.717, 1.165) is 5.56 Å². The summed E-state index contributed by atoms with van der Waals surface area (Å²) < 4.78 is 37.4. The van der Waals surface area contributed by atoms with Crippen LogP contribution in [0.3, 0.4) is 0 Å². The summed E-state index contributed by atoms with van der Waals surface area (Å²) in [5.41, 5.74) is 1.51. The summed E-state index contributed by atoms with van der Waals surface area (Å²) in [6.07, 6.45) is 1.55. The number of ether oxygens (including phenoxy) is 1. The van der Waals surface area contributed by atoms with Crippen LogP contribution in [-0.4, -0.2) is 25.4 Å². The van der Waals surface area contributed by atoms with E-state index < -0.39 is 22.0 Å². The molecule has 0 saturated carbocycles. The van der Waals surface area contributed by atoms with E-state index in [0.29, 0.717) is 16.5 Å². The Bertz CT molecular complexity index is 1010. The molecular formula is C18H18N2O5S2. The number of sulfonamides is 1. The first kappa shape index (κ1) is 19.3. The third-order valence-electron chi connectivity index (χ3n) is 3.66. The molecule has 7 nitrogen and oxygen atoms in total. The summed E-state index contributed by atoms with van der Waals surface area (Å²) in [6, 6.07) is 8.88. The first-order chi connectivity index (χ1) is 12.8. The molecular weight excluding hydrogens is 388 g/mol. The molecule has 3 rings (SSSR count). The zero-order chi connectivity index (χ0) is 19.4. The number of esters is 1. The molecule has 2 heterocycles. The van der Waals surface area contributed by atoms with Crippen LogP contribution >= 0.6 is 11.3 Å². The standard InChI is InChI=1S/C18H18N2O5S2/c1-12-5-7-15(8-6-12)27(22,23)20-13(2)18(21)25-10-14-11-26-17(19-14)16-4-3-9-24-16/h3-9,11,13,20H,10H2,1-2H3. The van der Waals surface area contributed by atoms with Crippen molar-refractivity contribution in [2.24, 2.45) is 0 Å². The third-order valence-corrected chi connectivity index (χ3v) is 6.13. The largest absolute Gasteiger partial charge is 0.462 e. The average molecular weight is 406 g/mol. The fourth-order valence-electron chi connectivity index (χ4n) is 2.22. The minimum absolute atomic E-state index is 0.0490. The zero-order valence-electron chi connectivity index (χ0n) is 14.7. The highest BCUT2D eigenvalue weighted by Gasteiger charge is 2.23. The lowest BCUT2D eigenvalue weighted by molar-refractivity contribution is -0.146. The lowest BCUT2D eigenvalue weighted by Gasteiger charge is -2.13. The smallest absolute Gasteiger partial charge is 0.324 e. The van der Waals surface area contributed by atoms with E-state index in [1.165, 1.54) is 30.4 Å². The number of aromatic nitrogens is 1. The number of hydrogen-bond donors (Lipinski definition) is 1. The van der Waals surface area contributed by atoms with E-state index in [-0.39, 0.29) is 11.5 Å². The number of carbonyl (C=O) groups excluding carboxylic acids is 1. The molecule has 27 heavy (non-hydrogen) atoms. The van der Waals surface area contributed by atoms with Crippen molar-refractivity contribution in [1.82, 2.24) is 9.71 Å². The van der Waals surface area contributed by atoms with Gasteiger partial charge in [-0.3, -0.25) is 4.79 Å². The Morgan fingerprint density at radius 2 is 2.04 bits per heavy atom. The Kier molecular flexibility index (Phi) is 5.73. The SMILES string of the molecule is Cc1ccc(S(=O)(=O)NC(C)C(=O)OCc2csc(-c3ccco3)n2)cc1. The van der Waals surface area contributed by atoms with Crippen molar-refractivity contribution in [3.63, 3.8) is 0 Å². The Morgan fingerprint density at radius 3 is 2.70 bits per heavy atom. The van der Waals surface area contributed by atoms with Gasteiger partial charge in [0.15, 0.2) is 10.8 Å². The number of benzene rings is 1. The molecule has 0 aliphatic rings. The van der Waals surface area contributed by atoms with Crippen LogP contribution in [0.5, 0.6) is 0 Å². The number of carbonyl (C=O) groups is 1. The van der Waals surface area contributed by atoms with Gasteiger partial charge in [0.05, 0.1) is 16.9 Å². The van der Waals surface area contributed by atoms with Crippen molar-refractivity contribution in [2.75, 3.05) is 0 Å². The number of aryl methyl sites for hydroxylation is 1. The van der Waals surface area contributed by atoms with Crippen LogP contribution in [0.2, 0.25) is 0 Å². The van der Waals surface area contributed by atoms with Gasteiger partial charge in [-0.1, -0.05) is 17.7 Å². The predicted molar refractivity (Wildman–Crippen MR) is 101 cm³/mol. The second-order valence-electron chi connectivity index (χ2n) is 5.89. The van der Waals surface area contributed by atoms with Crippen molar-refractivity contribution >= 4 is 27.3 Å². The molecule has 0 saturated heterocycles. The topological polar surface area (TPSA) is 98.5 Å². The third kappa shape index (κ3) is 4.82. The van der Waals surface area contributed by atoms with Crippen LogP contribution < -0.4 is 4.72 Å². The van der Waals surface area contributed by atoms with Crippen LogP contribution in [0.25, 0.3) is 10.8 Å². The molecule has 0 amide bonds. The molecule has 0 spiro atoms. The summed E-state index contributed by atoms with van der Waals surface area (Å²) in [5, 5.41) is 2.44. The first-order valence-corrected chi connectivity index (χ1v) is 10.5. The summed E-state index contributed by atoms with van der Waals surface area (Å²) in [6.45, 7) is 3.25. The average Bonchev–Trinajstić information content (AvgIpc) is 3.31. The number of thiazole rings is 1. The summed E-state index contributed by atoms with van der Waals surface area (Å²) in [4.78, 5) is 16.5. The van der Waals surface area contributed by atoms with Gasteiger partial charge in [0.25, 0.3) is 0 Å². The molecule has 0 fully saturated rings. The molecule has 2 aromatic heterocycles. The summed E-state index contributed by atoms with van der Waals surface area (Å²) >= 11 is 1.37. The molecule has 142 valence electrons. The van der Waals surface area contributed by atoms with Crippen molar-refractivity contribution in [3.05, 3.63) is 59.3 Å². The van der Waals surface area contributed by atoms with Gasteiger partial charge in [-0.05, 0) is 38.1 Å². The van der Waals surface area contributed by atoms with Crippen LogP contribution in [-0.2, 0) is 26.2 Å². The fourth-order valence-corrected chi connectivity index (χ4v) is 4.19. The number of hydrogen-bond acceptors (Lipinski definition) is 7. The lowest BCUT2D eigenvalue weighted by Crippen LogP contribution is -2.39. The maximum absolute atomic E-state index is 12.3. The maximum atomic E-state index is 12.3. The molecule has 1 aromatic carbocycles. The monoisotopic (exact) mass is 406 g/mol. The summed E-state index contributed by atoms with van der Waals surface area (Å²) in [5.74, 6) is -0.0463. The van der Waals surface area contributed by atoms with E-state index in [1.54, 1.807) is 35.9 Å². The second-order valence-corrected chi connectivity index (χ2v) is 8.46. The van der Waals surface area contributed by atoms with Crippen molar-refractivity contribution in [3.8, 4) is 10.8 Å². The van der Waals surface area contributed by atoms with Crippen LogP contribution in [0.1, 0.15) is 18.2 Å². The van der Waals surface area contributed by atoms with Crippen molar-refractivity contribution < 1.29 is 22.4 Å². The van der Waals surface area contributed by atoms with Crippen molar-refractivity contribution in [1.29, 1.82) is 0 Å². The highest BCUT2D eigenvalue weighted by molar-refractivity contribution is 7.89. The fraction of sp³-hybridized carbons (Fsp3) is 0.222. The second kappa shape index (κ2) is 8.03. The first-order valence-electron chi connectivity index (χ1n) is 8.09. The zero-order valence-corrected chi connectivity index (χ0v) is 16.3. The molecule has 1 atom stereocenters. The van der Waals surface area contributed by atoms with Crippen LogP contribution in [0, 0.1) is 6.92 Å². The van der Waals surface area contributed by atoms with Crippen LogP contribution in [0.15, 0.2) is 57.4 Å². The van der Waals surface area contributed by atoms with Gasteiger partial charge in [0, 0.05) is 5.38 Å². The molecule has 3 aromatic rings. The highest BCUT2D eigenvalue weighted by atomic mass is 32.2. The van der Waals surface area contributed by atoms with Crippen LogP contribution in [0.4, 0.5) is 0 Å². The number of nitrogens with zero attached hydrogens (tertiary/aromatic N) is 1. The summed E-state index contributed by atoms with van der Waals surface area (Å²) in [7, 11) is -3.81. The van der Waals surface area contributed by atoms with E-state index >= 15 is 0 Å². The molecule has 0 bridgehead atoms. The normalized spacial score (nSPS) is 12.7. The van der Waals surface area contributed by atoms with Gasteiger partial charge in [-0.25, -0.2) is 13.4 Å². The lowest BCUT2D eigenvalue weighted by atomic mass is 10.2. The van der Waals surface area contributed by atoms with Gasteiger partial charge in [0.2, 0.25) is 10.0 Å². The van der Waals surface area contributed by atoms with Gasteiger partial charge >= 0.3 is 5.97 Å². The minimum Gasteiger partial charge on any atom is -0.462 e. The van der Waals surface area contributed by atoms with Gasteiger partial charge in [-0.15, -0.1) is 11.3 Å². The number of furan rings is 1. The molecule has 0 radical (unpaired) electrons. The molecule has 0 aliphatic heterocycles. The molecule has 1 unspecified atom stereocenters. The predicted octanol–water partition coefficient (Wildman–Crippen LogP) is 3.12. The van der Waals surface area contributed by atoms with Gasteiger partial charge in [-0.2, -0.15) is 4.72 Å². The van der Waals surface area contributed by atoms with E-state index in [4.69, 9.17) is 9.15 Å². The Labute approximate surface area is 161 Å². The molecule has 0 aliphatic carbocycles. The maximum Gasteiger partial charge on any atom is 0.324 e. The Morgan fingerprint density at radius 1 is 1.30 bits per heavy atom. The quantitative estimate of drug-likeness (QED) is 0.605. The highest BCUT2D eigenvalue weighted by Crippen LogP contribution is 2.24. The van der Waals surface area contributed by atoms with Gasteiger partial charge in [0.1, 0.15) is 12.6 Å². The number of nitrogens with one attached hydrogen (secondary N) is 1. The number of rotatable bonds is 7. The van der Waals surface area contributed by atoms with E-state index in [9.17, 15) is 13.2 Å². The van der Waals surface area contributed by atoms with E-state index in [2.05, 4.69) is 9.71 Å². The van der Waals surface area contributed by atoms with Gasteiger partial charge < -0.3 is 9.15 Å². The molecule has 1 N–H and O–H groups in total. The molecule has 9 heteroatoms.